The Morgan fingerprint density at radius 2 is 1.81 bits per heavy atom. The Morgan fingerprint density at radius 1 is 1.12 bits per heavy atom. The lowest BCUT2D eigenvalue weighted by Gasteiger charge is -2.03. The molecular formula is C15H29N. The van der Waals surface area contributed by atoms with Crippen molar-refractivity contribution in [3.63, 3.8) is 0 Å². The molecule has 0 rings (SSSR count). The number of unbranched alkanes of at least 4 members (excludes halogenated alkanes) is 3. The minimum atomic E-state index is 0.695. The summed E-state index contributed by atoms with van der Waals surface area (Å²) in [5, 5.41) is 0. The van der Waals surface area contributed by atoms with Crippen LogP contribution < -0.4 is 0 Å². The minimum Gasteiger partial charge on any atom is -0.290 e. The van der Waals surface area contributed by atoms with E-state index in [0.717, 1.165) is 6.54 Å². The zero-order valence-electron chi connectivity index (χ0n) is 11.6. The molecule has 1 nitrogen and oxygen atoms in total. The van der Waals surface area contributed by atoms with Crippen LogP contribution in [0.4, 0.5) is 0 Å². The van der Waals surface area contributed by atoms with E-state index < -0.39 is 0 Å². The number of hydrogen-bond acceptors (Lipinski definition) is 1. The van der Waals surface area contributed by atoms with E-state index in [4.69, 9.17) is 0 Å². The van der Waals surface area contributed by atoms with Crippen LogP contribution in [0.2, 0.25) is 0 Å². The smallest absolute Gasteiger partial charge is 0.0392 e. The van der Waals surface area contributed by atoms with Crippen molar-refractivity contribution in [3.05, 3.63) is 12.2 Å². The van der Waals surface area contributed by atoms with Gasteiger partial charge in [-0.05, 0) is 31.8 Å². The summed E-state index contributed by atoms with van der Waals surface area (Å²) in [6.07, 6.45) is 12.2. The summed E-state index contributed by atoms with van der Waals surface area (Å²) in [6, 6.07) is 0. The lowest BCUT2D eigenvalue weighted by atomic mass is 10.0. The van der Waals surface area contributed by atoms with Gasteiger partial charge in [-0.1, -0.05) is 52.5 Å². The van der Waals surface area contributed by atoms with Crippen LogP contribution in [-0.2, 0) is 0 Å². The quantitative estimate of drug-likeness (QED) is 0.384. The van der Waals surface area contributed by atoms with Crippen molar-refractivity contribution in [1.82, 2.24) is 0 Å². The van der Waals surface area contributed by atoms with Gasteiger partial charge in [0.2, 0.25) is 0 Å². The SMILES string of the molecule is CCCCCN=C(C)/C=C\C(C)CCCC. The second kappa shape index (κ2) is 10.9. The number of allylic oxidation sites excluding steroid dienone is 2. The lowest BCUT2D eigenvalue weighted by Crippen LogP contribution is -1.93. The van der Waals surface area contributed by atoms with Crippen molar-refractivity contribution >= 4 is 5.71 Å². The highest BCUT2D eigenvalue weighted by Crippen LogP contribution is 2.08. The molecule has 16 heavy (non-hydrogen) atoms. The lowest BCUT2D eigenvalue weighted by molar-refractivity contribution is 0.598. The van der Waals surface area contributed by atoms with Gasteiger partial charge in [-0.15, -0.1) is 0 Å². The summed E-state index contributed by atoms with van der Waals surface area (Å²) in [5.74, 6) is 0.695. The maximum Gasteiger partial charge on any atom is 0.0392 e. The van der Waals surface area contributed by atoms with Crippen molar-refractivity contribution in [2.24, 2.45) is 10.9 Å². The fourth-order valence-electron chi connectivity index (χ4n) is 1.60. The summed E-state index contributed by atoms with van der Waals surface area (Å²) >= 11 is 0. The van der Waals surface area contributed by atoms with E-state index >= 15 is 0 Å². The average molecular weight is 223 g/mol. The number of aliphatic imine (C=N–C) groups is 1. The number of rotatable bonds is 9. The topological polar surface area (TPSA) is 12.4 Å². The predicted octanol–water partition coefficient (Wildman–Crippen LogP) is 5.02. The summed E-state index contributed by atoms with van der Waals surface area (Å²) in [7, 11) is 0. The zero-order valence-corrected chi connectivity index (χ0v) is 11.6. The van der Waals surface area contributed by atoms with Gasteiger partial charge in [0.1, 0.15) is 0 Å². The van der Waals surface area contributed by atoms with Gasteiger partial charge in [0.15, 0.2) is 0 Å². The van der Waals surface area contributed by atoms with Crippen LogP contribution in [0.3, 0.4) is 0 Å². The van der Waals surface area contributed by atoms with Crippen LogP contribution in [0.25, 0.3) is 0 Å². The molecular weight excluding hydrogens is 194 g/mol. The molecule has 0 N–H and O–H groups in total. The van der Waals surface area contributed by atoms with Crippen LogP contribution >= 0.6 is 0 Å². The highest BCUT2D eigenvalue weighted by molar-refractivity contribution is 5.92. The molecule has 1 heteroatoms. The van der Waals surface area contributed by atoms with Gasteiger partial charge in [0.25, 0.3) is 0 Å². The molecule has 0 aliphatic rings. The number of nitrogens with zero attached hydrogens (tertiary/aromatic N) is 1. The summed E-state index contributed by atoms with van der Waals surface area (Å²) in [5.41, 5.74) is 1.18. The van der Waals surface area contributed by atoms with Crippen molar-refractivity contribution < 1.29 is 0 Å². The monoisotopic (exact) mass is 223 g/mol. The highest BCUT2D eigenvalue weighted by Gasteiger charge is 1.95. The Balaban J connectivity index is 3.74. The molecule has 0 aliphatic carbocycles. The predicted molar refractivity (Wildman–Crippen MR) is 75.3 cm³/mol. The van der Waals surface area contributed by atoms with Crippen LogP contribution in [0.15, 0.2) is 17.1 Å². The molecule has 0 saturated heterocycles. The highest BCUT2D eigenvalue weighted by atomic mass is 14.7. The van der Waals surface area contributed by atoms with E-state index in [1.165, 1.54) is 44.2 Å². The molecule has 1 atom stereocenters. The van der Waals surface area contributed by atoms with Gasteiger partial charge in [0, 0.05) is 12.3 Å². The van der Waals surface area contributed by atoms with E-state index in [9.17, 15) is 0 Å². The van der Waals surface area contributed by atoms with Gasteiger partial charge in [-0.2, -0.15) is 0 Å². The van der Waals surface area contributed by atoms with E-state index in [1.807, 2.05) is 0 Å². The maximum absolute atomic E-state index is 4.54. The summed E-state index contributed by atoms with van der Waals surface area (Å²) in [4.78, 5) is 4.54. The standard InChI is InChI=1S/C15H29N/c1-5-7-9-13-16-15(4)12-11-14(3)10-8-6-2/h11-12,14H,5-10,13H2,1-4H3/b12-11-,16-15?. The fraction of sp³-hybridized carbons (Fsp3) is 0.800. The third-order valence-electron chi connectivity index (χ3n) is 2.80. The second-order valence-corrected chi connectivity index (χ2v) is 4.71. The molecule has 0 aromatic carbocycles. The van der Waals surface area contributed by atoms with E-state index in [0.29, 0.717) is 5.92 Å². The molecule has 0 aliphatic heterocycles. The normalized spacial score (nSPS) is 14.6. The second-order valence-electron chi connectivity index (χ2n) is 4.71. The van der Waals surface area contributed by atoms with E-state index in [2.05, 4.69) is 44.8 Å². The first kappa shape index (κ1) is 15.4. The molecule has 0 saturated carbocycles. The Bertz CT molecular complexity index is 203. The Kier molecular flexibility index (Phi) is 10.5. The van der Waals surface area contributed by atoms with Gasteiger partial charge in [0.05, 0.1) is 0 Å². The average Bonchev–Trinajstić information content (AvgIpc) is 2.29. The van der Waals surface area contributed by atoms with Gasteiger partial charge in [-0.25, -0.2) is 0 Å². The summed E-state index contributed by atoms with van der Waals surface area (Å²) in [6.45, 7) is 9.86. The van der Waals surface area contributed by atoms with E-state index in [-0.39, 0.29) is 0 Å². The van der Waals surface area contributed by atoms with Gasteiger partial charge < -0.3 is 0 Å². The third kappa shape index (κ3) is 9.95. The number of hydrogen-bond donors (Lipinski definition) is 0. The first-order chi connectivity index (χ1) is 7.70. The molecule has 0 spiro atoms. The van der Waals surface area contributed by atoms with Crippen LogP contribution in [0.1, 0.15) is 66.2 Å². The van der Waals surface area contributed by atoms with Crippen molar-refractivity contribution in [2.75, 3.05) is 6.54 Å². The third-order valence-corrected chi connectivity index (χ3v) is 2.80. The zero-order chi connectivity index (χ0) is 12.2. The molecule has 0 fully saturated rings. The molecule has 1 unspecified atom stereocenters. The molecule has 0 heterocycles. The Morgan fingerprint density at radius 3 is 2.44 bits per heavy atom. The van der Waals surface area contributed by atoms with Crippen LogP contribution in [0.5, 0.6) is 0 Å². The minimum absolute atomic E-state index is 0.695. The van der Waals surface area contributed by atoms with Gasteiger partial charge in [-0.3, -0.25) is 4.99 Å². The van der Waals surface area contributed by atoms with Crippen LogP contribution in [0, 0.1) is 5.92 Å². The Labute approximate surface area is 102 Å². The maximum atomic E-state index is 4.54. The molecule has 0 aromatic heterocycles. The van der Waals surface area contributed by atoms with Gasteiger partial charge >= 0.3 is 0 Å². The first-order valence-electron chi connectivity index (χ1n) is 6.89. The molecule has 0 amide bonds. The summed E-state index contributed by atoms with van der Waals surface area (Å²) < 4.78 is 0. The van der Waals surface area contributed by atoms with Crippen molar-refractivity contribution in [2.45, 2.75) is 66.2 Å². The fourth-order valence-corrected chi connectivity index (χ4v) is 1.60. The Hall–Kier alpha value is -0.590. The van der Waals surface area contributed by atoms with E-state index in [1.54, 1.807) is 0 Å². The molecule has 94 valence electrons. The molecule has 0 radical (unpaired) electrons. The molecule has 0 aromatic rings. The molecule has 0 bridgehead atoms. The largest absolute Gasteiger partial charge is 0.290 e. The van der Waals surface area contributed by atoms with Crippen molar-refractivity contribution in [1.29, 1.82) is 0 Å². The first-order valence-corrected chi connectivity index (χ1v) is 6.89. The van der Waals surface area contributed by atoms with Crippen molar-refractivity contribution in [3.8, 4) is 0 Å². The van der Waals surface area contributed by atoms with Crippen LogP contribution in [-0.4, -0.2) is 12.3 Å².